The molecule has 0 saturated heterocycles. The van der Waals surface area contributed by atoms with Crippen molar-refractivity contribution in [3.05, 3.63) is 17.5 Å². The van der Waals surface area contributed by atoms with Crippen LogP contribution in [0.4, 0.5) is 5.82 Å². The van der Waals surface area contributed by atoms with Crippen LogP contribution in [0.15, 0.2) is 12.4 Å². The fourth-order valence-electron chi connectivity index (χ4n) is 0.855. The van der Waals surface area contributed by atoms with Crippen LogP contribution in [-0.2, 0) is 4.79 Å². The number of carbonyl (C=O) groups is 1. The van der Waals surface area contributed by atoms with Crippen LogP contribution < -0.4 is 5.32 Å². The molecule has 0 saturated carbocycles. The lowest BCUT2D eigenvalue weighted by molar-refractivity contribution is -0.113. The SMILES string of the molecule is CC(C)(C)SCC(=O)Nc1nccnc1Cl. The molecule has 0 atom stereocenters. The van der Waals surface area contributed by atoms with Crippen LogP contribution in [0.2, 0.25) is 5.15 Å². The summed E-state index contributed by atoms with van der Waals surface area (Å²) in [5.41, 5.74) is 0. The number of aromatic nitrogens is 2. The predicted molar refractivity (Wildman–Crippen MR) is 67.9 cm³/mol. The minimum atomic E-state index is -0.123. The summed E-state index contributed by atoms with van der Waals surface area (Å²) in [4.78, 5) is 19.3. The quantitative estimate of drug-likeness (QED) is 0.907. The summed E-state index contributed by atoms with van der Waals surface area (Å²) in [6.07, 6.45) is 2.96. The Hall–Kier alpha value is -0.810. The third kappa shape index (κ3) is 4.81. The largest absolute Gasteiger partial charge is 0.307 e. The van der Waals surface area contributed by atoms with Crippen molar-refractivity contribution in [2.75, 3.05) is 11.1 Å². The highest BCUT2D eigenvalue weighted by Gasteiger charge is 2.14. The Labute approximate surface area is 104 Å². The molecule has 1 rings (SSSR count). The molecule has 0 aliphatic rings. The van der Waals surface area contributed by atoms with Crippen molar-refractivity contribution in [2.24, 2.45) is 0 Å². The zero-order valence-electron chi connectivity index (χ0n) is 9.45. The van der Waals surface area contributed by atoms with Crippen molar-refractivity contribution in [2.45, 2.75) is 25.5 Å². The highest BCUT2D eigenvalue weighted by Crippen LogP contribution is 2.23. The first-order valence-electron chi connectivity index (χ1n) is 4.79. The standard InChI is InChI=1S/C10H14ClN3OS/c1-10(2,3)16-6-7(15)14-9-8(11)12-4-5-13-9/h4-5H,6H2,1-3H3,(H,13,14,15). The van der Waals surface area contributed by atoms with Gasteiger partial charge in [0.15, 0.2) is 11.0 Å². The zero-order valence-corrected chi connectivity index (χ0v) is 11.0. The van der Waals surface area contributed by atoms with Gasteiger partial charge in [0, 0.05) is 17.1 Å². The maximum absolute atomic E-state index is 11.6. The third-order valence-electron chi connectivity index (χ3n) is 1.55. The second-order valence-corrected chi connectivity index (χ2v) is 6.31. The highest BCUT2D eigenvalue weighted by molar-refractivity contribution is 8.01. The molecule has 0 aromatic carbocycles. The van der Waals surface area contributed by atoms with Gasteiger partial charge in [0.05, 0.1) is 5.75 Å². The monoisotopic (exact) mass is 259 g/mol. The van der Waals surface area contributed by atoms with E-state index >= 15 is 0 Å². The third-order valence-corrected chi connectivity index (χ3v) is 3.10. The van der Waals surface area contributed by atoms with Crippen molar-refractivity contribution in [3.63, 3.8) is 0 Å². The molecule has 0 aliphatic carbocycles. The predicted octanol–water partition coefficient (Wildman–Crippen LogP) is 2.60. The molecule has 1 aromatic heterocycles. The topological polar surface area (TPSA) is 54.9 Å². The van der Waals surface area contributed by atoms with Gasteiger partial charge in [-0.3, -0.25) is 4.79 Å². The average Bonchev–Trinajstić information content (AvgIpc) is 2.18. The molecule has 4 nitrogen and oxygen atoms in total. The molecule has 0 aliphatic heterocycles. The Balaban J connectivity index is 2.50. The number of hydrogen-bond acceptors (Lipinski definition) is 4. The molecule has 16 heavy (non-hydrogen) atoms. The number of rotatable bonds is 3. The van der Waals surface area contributed by atoms with E-state index in [1.807, 2.05) is 0 Å². The summed E-state index contributed by atoms with van der Waals surface area (Å²) in [7, 11) is 0. The van der Waals surface area contributed by atoms with Crippen LogP contribution in [0.25, 0.3) is 0 Å². The van der Waals surface area contributed by atoms with E-state index < -0.39 is 0 Å². The maximum atomic E-state index is 11.6. The van der Waals surface area contributed by atoms with Crippen LogP contribution in [-0.4, -0.2) is 26.4 Å². The van der Waals surface area contributed by atoms with Crippen molar-refractivity contribution in [1.82, 2.24) is 9.97 Å². The summed E-state index contributed by atoms with van der Waals surface area (Å²) in [6.45, 7) is 6.17. The van der Waals surface area contributed by atoms with Gasteiger partial charge in [-0.2, -0.15) is 0 Å². The lowest BCUT2D eigenvalue weighted by Crippen LogP contribution is -2.19. The Morgan fingerprint density at radius 2 is 2.06 bits per heavy atom. The van der Waals surface area contributed by atoms with Crippen molar-refractivity contribution < 1.29 is 4.79 Å². The first-order valence-corrected chi connectivity index (χ1v) is 6.15. The number of nitrogens with zero attached hydrogens (tertiary/aromatic N) is 2. The second-order valence-electron chi connectivity index (χ2n) is 4.14. The van der Waals surface area contributed by atoms with E-state index in [1.165, 1.54) is 12.4 Å². The van der Waals surface area contributed by atoms with E-state index in [0.29, 0.717) is 11.6 Å². The second kappa shape index (κ2) is 5.50. The molecule has 1 amide bonds. The summed E-state index contributed by atoms with van der Waals surface area (Å²) in [6, 6.07) is 0. The van der Waals surface area contributed by atoms with Crippen LogP contribution in [0.1, 0.15) is 20.8 Å². The van der Waals surface area contributed by atoms with Crippen LogP contribution in [0, 0.1) is 0 Å². The lowest BCUT2D eigenvalue weighted by Gasteiger charge is -2.16. The minimum absolute atomic E-state index is 0.0590. The molecule has 0 unspecified atom stereocenters. The lowest BCUT2D eigenvalue weighted by atomic mass is 10.3. The maximum Gasteiger partial charge on any atom is 0.235 e. The number of nitrogens with one attached hydrogen (secondary N) is 1. The number of carbonyl (C=O) groups excluding carboxylic acids is 1. The normalized spacial score (nSPS) is 11.2. The highest BCUT2D eigenvalue weighted by atomic mass is 35.5. The summed E-state index contributed by atoms with van der Waals surface area (Å²) in [5.74, 6) is 0.558. The van der Waals surface area contributed by atoms with E-state index in [9.17, 15) is 4.79 Å². The Kier molecular flexibility index (Phi) is 4.56. The smallest absolute Gasteiger partial charge is 0.235 e. The van der Waals surface area contributed by atoms with E-state index in [-0.39, 0.29) is 15.8 Å². The molecule has 88 valence electrons. The first kappa shape index (κ1) is 13.3. The summed E-state index contributed by atoms with van der Waals surface area (Å²) < 4.78 is 0.0590. The number of hydrogen-bond donors (Lipinski definition) is 1. The first-order chi connectivity index (χ1) is 7.38. The number of amides is 1. The Morgan fingerprint density at radius 3 is 2.62 bits per heavy atom. The van der Waals surface area contributed by atoms with Gasteiger partial charge < -0.3 is 5.32 Å². The van der Waals surface area contributed by atoms with E-state index in [4.69, 9.17) is 11.6 Å². The molecular formula is C10H14ClN3OS. The molecular weight excluding hydrogens is 246 g/mol. The van der Waals surface area contributed by atoms with Crippen molar-refractivity contribution in [1.29, 1.82) is 0 Å². The van der Waals surface area contributed by atoms with Gasteiger partial charge in [-0.1, -0.05) is 32.4 Å². The molecule has 0 radical (unpaired) electrons. The molecule has 6 heteroatoms. The van der Waals surface area contributed by atoms with Crippen LogP contribution in [0.5, 0.6) is 0 Å². The van der Waals surface area contributed by atoms with Gasteiger partial charge in [-0.25, -0.2) is 9.97 Å². The minimum Gasteiger partial charge on any atom is -0.307 e. The number of thioether (sulfide) groups is 1. The van der Waals surface area contributed by atoms with E-state index in [0.717, 1.165) is 0 Å². The van der Waals surface area contributed by atoms with Gasteiger partial charge in [0.25, 0.3) is 0 Å². The fraction of sp³-hybridized carbons (Fsp3) is 0.500. The van der Waals surface area contributed by atoms with Gasteiger partial charge in [-0.15, -0.1) is 11.8 Å². The van der Waals surface area contributed by atoms with Crippen LogP contribution in [0.3, 0.4) is 0 Å². The fourth-order valence-corrected chi connectivity index (χ4v) is 1.64. The van der Waals surface area contributed by atoms with E-state index in [1.54, 1.807) is 11.8 Å². The molecule has 1 N–H and O–H groups in total. The molecule has 0 fully saturated rings. The Bertz CT molecular complexity index is 379. The summed E-state index contributed by atoms with van der Waals surface area (Å²) >= 11 is 7.33. The van der Waals surface area contributed by atoms with Gasteiger partial charge in [0.1, 0.15) is 0 Å². The van der Waals surface area contributed by atoms with Gasteiger partial charge in [-0.05, 0) is 0 Å². The van der Waals surface area contributed by atoms with Gasteiger partial charge in [0.2, 0.25) is 5.91 Å². The molecule has 1 aromatic rings. The molecule has 0 spiro atoms. The molecule has 1 heterocycles. The number of anilines is 1. The Morgan fingerprint density at radius 1 is 1.44 bits per heavy atom. The zero-order chi connectivity index (χ0) is 12.2. The summed E-state index contributed by atoms with van der Waals surface area (Å²) in [5, 5.41) is 2.82. The van der Waals surface area contributed by atoms with Crippen molar-refractivity contribution >= 4 is 35.1 Å². The molecule has 0 bridgehead atoms. The van der Waals surface area contributed by atoms with Crippen LogP contribution >= 0.6 is 23.4 Å². The van der Waals surface area contributed by atoms with Gasteiger partial charge >= 0.3 is 0 Å². The van der Waals surface area contributed by atoms with Crippen molar-refractivity contribution in [3.8, 4) is 0 Å². The average molecular weight is 260 g/mol. The van der Waals surface area contributed by atoms with E-state index in [2.05, 4.69) is 36.1 Å². The number of halogens is 1.